The first kappa shape index (κ1) is 13.5. The molecule has 2 saturated heterocycles. The summed E-state index contributed by atoms with van der Waals surface area (Å²) >= 11 is 0. The monoisotopic (exact) mass is 299 g/mol. The first-order valence-corrected chi connectivity index (χ1v) is 15.1. The lowest BCUT2D eigenvalue weighted by Gasteiger charge is -2.26. The zero-order chi connectivity index (χ0) is 13.0. The van der Waals surface area contributed by atoms with Gasteiger partial charge in [-0.1, -0.05) is 18.2 Å². The molecule has 2 fully saturated rings. The van der Waals surface area contributed by atoms with Gasteiger partial charge in [-0.3, -0.25) is 0 Å². The molecule has 0 atom stereocenters. The van der Waals surface area contributed by atoms with E-state index in [0.29, 0.717) is 0 Å². The van der Waals surface area contributed by atoms with Gasteiger partial charge in [-0.2, -0.15) is 0 Å². The molecule has 98 valence electrons. The molecule has 3 rings (SSSR count). The fraction of sp³-hybridized carbons (Fsp3) is 0.600. The molecule has 0 nitrogen and oxygen atoms in total. The van der Waals surface area contributed by atoms with E-state index in [2.05, 4.69) is 57.0 Å². The lowest BCUT2D eigenvalue weighted by molar-refractivity contribution is 1.42. The second-order valence-electron chi connectivity index (χ2n) is 7.17. The van der Waals surface area contributed by atoms with E-state index in [1.54, 1.807) is 30.0 Å². The molecule has 18 heavy (non-hydrogen) atoms. The highest BCUT2D eigenvalue weighted by Crippen LogP contribution is 2.97. The van der Waals surface area contributed by atoms with Gasteiger partial charge in [-0.25, -0.2) is 0 Å². The summed E-state index contributed by atoms with van der Waals surface area (Å²) in [4.78, 5) is 0. The minimum absolute atomic E-state index is 0.651. The molecule has 3 heteroatoms. The molecule has 0 spiro atoms. The summed E-state index contributed by atoms with van der Waals surface area (Å²) in [5.74, 6) is 0. The predicted molar refractivity (Wildman–Crippen MR) is 93.8 cm³/mol. The van der Waals surface area contributed by atoms with Gasteiger partial charge in [0.05, 0.1) is 41.2 Å². The van der Waals surface area contributed by atoms with Crippen molar-refractivity contribution in [3.8, 4) is 0 Å². The topological polar surface area (TPSA) is 0 Å². The maximum absolute atomic E-state index is 2.66. The van der Waals surface area contributed by atoms with Crippen LogP contribution in [0, 0.1) is 0 Å². The van der Waals surface area contributed by atoms with E-state index < -0.39 is 21.8 Å². The van der Waals surface area contributed by atoms with Crippen molar-refractivity contribution >= 4 is 27.1 Å². The zero-order valence-electron chi connectivity index (χ0n) is 12.1. The maximum atomic E-state index is 2.66. The van der Waals surface area contributed by atoms with Crippen LogP contribution in [0.2, 0.25) is 0 Å². The Kier molecular flexibility index (Phi) is 3.19. The highest BCUT2D eigenvalue weighted by Gasteiger charge is 2.78. The summed E-state index contributed by atoms with van der Waals surface area (Å²) in [5.41, 5.74) is 0. The largest absolute Gasteiger partial charge is 0.259 e. The van der Waals surface area contributed by atoms with Gasteiger partial charge in [0.2, 0.25) is 0 Å². The second-order valence-corrected chi connectivity index (χ2v) is 21.4. The Morgan fingerprint density at radius 1 is 0.778 bits per heavy atom. The highest BCUT2D eigenvalue weighted by atomic mass is 31.3. The lowest BCUT2D eigenvalue weighted by atomic mass is 10.4. The summed E-state index contributed by atoms with van der Waals surface area (Å²) in [7, 11) is -2.11. The molecule has 1 aromatic carbocycles. The first-order chi connectivity index (χ1) is 8.39. The number of fused-ring (bicyclic) bond motifs is 1. The van der Waals surface area contributed by atoms with E-state index in [0.717, 1.165) is 0 Å². The summed E-state index contributed by atoms with van der Waals surface area (Å²) in [6.07, 6.45) is 6.30. The summed E-state index contributed by atoms with van der Waals surface area (Å²) < 4.78 is 0. The summed E-state index contributed by atoms with van der Waals surface area (Å²) in [5, 5.41) is 2.94. The SMILES string of the molecule is C[P+]1(C)CC[P+]2(c3ccccc3)CC[P+](C)(C)C12. The van der Waals surface area contributed by atoms with E-state index in [-0.39, 0.29) is 0 Å². The molecule has 0 unspecified atom stereocenters. The molecule has 0 N–H and O–H groups in total. The van der Waals surface area contributed by atoms with Crippen molar-refractivity contribution in [1.29, 1.82) is 0 Å². The van der Waals surface area contributed by atoms with Crippen LogP contribution in [0.3, 0.4) is 0 Å². The maximum Gasteiger partial charge on any atom is 0.259 e. The van der Waals surface area contributed by atoms with Gasteiger partial charge in [-0.05, 0) is 12.1 Å². The van der Waals surface area contributed by atoms with Crippen LogP contribution in [0.1, 0.15) is 0 Å². The van der Waals surface area contributed by atoms with Crippen LogP contribution in [-0.2, 0) is 0 Å². The number of hydrogen-bond acceptors (Lipinski definition) is 0. The van der Waals surface area contributed by atoms with Crippen LogP contribution >= 0.6 is 21.8 Å². The Balaban J connectivity index is 2.12. The van der Waals surface area contributed by atoms with E-state index in [9.17, 15) is 0 Å². The van der Waals surface area contributed by atoms with E-state index in [4.69, 9.17) is 0 Å². The van der Waals surface area contributed by atoms with Crippen molar-refractivity contribution in [3.63, 3.8) is 0 Å². The standard InChI is InChI=1S/C15H26P3/c1-16(2)10-12-18(14-8-6-5-7-9-14)13-11-17(3,4)15(16)18/h5-9,15H,10-13H2,1-4H3/q+3. The third-order valence-electron chi connectivity index (χ3n) is 5.11. The minimum atomic E-state index is -0.804. The third kappa shape index (κ3) is 1.84. The van der Waals surface area contributed by atoms with E-state index >= 15 is 0 Å². The fourth-order valence-electron chi connectivity index (χ4n) is 4.61. The Morgan fingerprint density at radius 2 is 1.28 bits per heavy atom. The van der Waals surface area contributed by atoms with Crippen molar-refractivity contribution in [2.45, 2.75) is 5.14 Å². The molecular formula is C15H26P3+3. The fourth-order valence-corrected chi connectivity index (χ4v) is 34.2. The summed E-state index contributed by atoms with van der Waals surface area (Å²) in [6, 6.07) is 11.6. The van der Waals surface area contributed by atoms with Crippen LogP contribution in [0.15, 0.2) is 30.3 Å². The smallest absolute Gasteiger partial charge is 0.0620 e. The molecule has 0 aliphatic carbocycles. The second kappa shape index (κ2) is 4.25. The quantitative estimate of drug-likeness (QED) is 0.682. The molecule has 0 radical (unpaired) electrons. The van der Waals surface area contributed by atoms with Gasteiger partial charge in [0, 0.05) is 0 Å². The van der Waals surface area contributed by atoms with Crippen LogP contribution in [0.5, 0.6) is 0 Å². The van der Waals surface area contributed by atoms with Crippen molar-refractivity contribution in [1.82, 2.24) is 0 Å². The van der Waals surface area contributed by atoms with Gasteiger partial charge in [0.25, 0.3) is 5.14 Å². The Hall–Kier alpha value is 0.510. The van der Waals surface area contributed by atoms with Crippen molar-refractivity contribution in [2.24, 2.45) is 0 Å². The van der Waals surface area contributed by atoms with Crippen LogP contribution in [0.25, 0.3) is 0 Å². The van der Waals surface area contributed by atoms with Crippen LogP contribution < -0.4 is 5.30 Å². The number of hydrogen-bond donors (Lipinski definition) is 0. The highest BCUT2D eigenvalue weighted by molar-refractivity contribution is 8.13. The van der Waals surface area contributed by atoms with Gasteiger partial charge in [0.1, 0.15) is 37.2 Å². The van der Waals surface area contributed by atoms with Crippen molar-refractivity contribution < 1.29 is 0 Å². The molecular weight excluding hydrogens is 273 g/mol. The van der Waals surface area contributed by atoms with Crippen molar-refractivity contribution in [3.05, 3.63) is 30.3 Å². The molecule has 2 aliphatic rings. The lowest BCUT2D eigenvalue weighted by Crippen LogP contribution is -2.18. The summed E-state index contributed by atoms with van der Waals surface area (Å²) in [6.45, 7) is 10.6. The molecule has 0 aromatic heterocycles. The Labute approximate surface area is 114 Å². The van der Waals surface area contributed by atoms with Crippen molar-refractivity contribution in [2.75, 3.05) is 51.3 Å². The molecule has 2 aliphatic heterocycles. The average molecular weight is 299 g/mol. The normalized spacial score (nSPS) is 36.6. The first-order valence-electron chi connectivity index (χ1n) is 6.96. The number of benzene rings is 1. The molecule has 0 bridgehead atoms. The third-order valence-corrected chi connectivity index (χ3v) is 25.5. The van der Waals surface area contributed by atoms with E-state index in [1.807, 2.05) is 0 Å². The van der Waals surface area contributed by atoms with Gasteiger partial charge in [-0.15, -0.1) is 0 Å². The minimum Gasteiger partial charge on any atom is -0.0620 e. The predicted octanol–water partition coefficient (Wildman–Crippen LogP) is 4.19. The molecule has 0 amide bonds. The van der Waals surface area contributed by atoms with E-state index in [1.165, 1.54) is 5.14 Å². The van der Waals surface area contributed by atoms with Crippen LogP contribution in [-0.4, -0.2) is 56.4 Å². The molecule has 2 heterocycles. The van der Waals surface area contributed by atoms with Gasteiger partial charge in [0.15, 0.2) is 0 Å². The molecule has 0 saturated carbocycles. The Morgan fingerprint density at radius 3 is 1.78 bits per heavy atom. The van der Waals surface area contributed by atoms with Gasteiger partial charge < -0.3 is 0 Å². The number of rotatable bonds is 1. The Bertz CT molecular complexity index is 430. The van der Waals surface area contributed by atoms with Crippen LogP contribution in [0.4, 0.5) is 0 Å². The average Bonchev–Trinajstić information content (AvgIpc) is 2.77. The van der Waals surface area contributed by atoms with Gasteiger partial charge >= 0.3 is 0 Å². The zero-order valence-corrected chi connectivity index (χ0v) is 14.8. The molecule has 1 aromatic rings.